The molecule has 0 aliphatic carbocycles. The molecule has 5 nitrogen and oxygen atoms in total. The van der Waals surface area contributed by atoms with Crippen LogP contribution in [0.3, 0.4) is 0 Å². The summed E-state index contributed by atoms with van der Waals surface area (Å²) in [5.74, 6) is -0.488. The van der Waals surface area contributed by atoms with Crippen molar-refractivity contribution in [3.8, 4) is 0 Å². The molecule has 1 aliphatic rings. The third-order valence-electron chi connectivity index (χ3n) is 2.17. The van der Waals surface area contributed by atoms with Gasteiger partial charge in [-0.3, -0.25) is 14.3 Å². The molecule has 0 fully saturated rings. The zero-order valence-electron chi connectivity index (χ0n) is 8.09. The van der Waals surface area contributed by atoms with Gasteiger partial charge in [-0.2, -0.15) is 0 Å². The van der Waals surface area contributed by atoms with Crippen molar-refractivity contribution in [1.29, 1.82) is 0 Å². The summed E-state index contributed by atoms with van der Waals surface area (Å²) < 4.78 is 14.6. The molecule has 2 N–H and O–H groups in total. The third-order valence-corrected chi connectivity index (χ3v) is 3.51. The van der Waals surface area contributed by atoms with Crippen LogP contribution < -0.4 is 11.2 Å². The number of aliphatic hydroxyl groups excluding tert-OH is 1. The van der Waals surface area contributed by atoms with E-state index >= 15 is 0 Å². The van der Waals surface area contributed by atoms with Gasteiger partial charge in [0.1, 0.15) is 11.2 Å². The molecule has 1 aromatic rings. The van der Waals surface area contributed by atoms with Crippen molar-refractivity contribution in [3.05, 3.63) is 45.0 Å². The lowest BCUT2D eigenvalue weighted by Crippen LogP contribution is -2.30. The summed E-state index contributed by atoms with van der Waals surface area (Å²) in [7, 11) is 0. The highest BCUT2D eigenvalue weighted by Gasteiger charge is 2.29. The van der Waals surface area contributed by atoms with E-state index in [0.717, 1.165) is 22.4 Å². The average molecular weight is 244 g/mol. The lowest BCUT2D eigenvalue weighted by atomic mass is 10.3. The summed E-state index contributed by atoms with van der Waals surface area (Å²) in [4.78, 5) is 24.3. The van der Waals surface area contributed by atoms with Crippen LogP contribution in [0.5, 0.6) is 0 Å². The molecule has 2 heterocycles. The minimum absolute atomic E-state index is 0.188. The van der Waals surface area contributed by atoms with Gasteiger partial charge >= 0.3 is 5.69 Å². The van der Waals surface area contributed by atoms with Crippen LogP contribution in [-0.2, 0) is 0 Å². The predicted octanol–water partition coefficient (Wildman–Crippen LogP) is -0.00370. The number of hydrogen-bond acceptors (Lipinski definition) is 4. The van der Waals surface area contributed by atoms with Crippen LogP contribution in [0, 0.1) is 0 Å². The fraction of sp³-hybridized carbons (Fsp3) is 0.333. The monoisotopic (exact) mass is 244 g/mol. The molecule has 86 valence electrons. The standard InChI is InChI=1S/C9H9FN2O3S/c10-6-3-5(4-13)16-8(6)12-2-1-7(14)11-9(12)15/h1-3,5,8,13H,4H2,(H,11,14,15). The molecule has 0 amide bonds. The normalized spacial score (nSPS) is 24.5. The lowest BCUT2D eigenvalue weighted by molar-refractivity contribution is 0.307. The number of aromatic nitrogens is 2. The first-order valence-corrected chi connectivity index (χ1v) is 5.51. The van der Waals surface area contributed by atoms with Gasteiger partial charge in [0, 0.05) is 12.3 Å². The number of nitrogens with one attached hydrogen (secondary N) is 1. The van der Waals surface area contributed by atoms with Crippen LogP contribution in [0.15, 0.2) is 33.8 Å². The second-order valence-corrected chi connectivity index (χ2v) is 4.60. The maximum absolute atomic E-state index is 13.5. The molecule has 0 spiro atoms. The Morgan fingerprint density at radius 3 is 2.88 bits per heavy atom. The molecule has 7 heteroatoms. The maximum Gasteiger partial charge on any atom is 0.329 e. The number of rotatable bonds is 2. The van der Waals surface area contributed by atoms with Crippen molar-refractivity contribution in [2.45, 2.75) is 10.6 Å². The second kappa shape index (κ2) is 4.26. The molecule has 0 bridgehead atoms. The summed E-state index contributed by atoms with van der Waals surface area (Å²) in [5.41, 5.74) is -1.18. The van der Waals surface area contributed by atoms with Crippen LogP contribution in [0.2, 0.25) is 0 Å². The smallest absolute Gasteiger partial charge is 0.329 e. The molecule has 0 radical (unpaired) electrons. The predicted molar refractivity (Wildman–Crippen MR) is 58.0 cm³/mol. The first-order valence-electron chi connectivity index (χ1n) is 4.57. The number of aliphatic hydroxyl groups is 1. The zero-order valence-corrected chi connectivity index (χ0v) is 8.91. The van der Waals surface area contributed by atoms with Gasteiger partial charge in [0.05, 0.1) is 11.9 Å². The molecular formula is C9H9FN2O3S. The van der Waals surface area contributed by atoms with E-state index in [1.165, 1.54) is 12.3 Å². The van der Waals surface area contributed by atoms with E-state index < -0.39 is 22.4 Å². The van der Waals surface area contributed by atoms with Crippen LogP contribution in [0.1, 0.15) is 5.37 Å². The fourth-order valence-electron chi connectivity index (χ4n) is 1.44. The summed E-state index contributed by atoms with van der Waals surface area (Å²) in [5, 5.41) is 7.72. The summed E-state index contributed by atoms with van der Waals surface area (Å²) in [6, 6.07) is 1.15. The minimum atomic E-state index is -0.804. The first kappa shape index (κ1) is 11.2. The molecule has 2 atom stereocenters. The van der Waals surface area contributed by atoms with Gasteiger partial charge in [-0.15, -0.1) is 11.8 Å². The summed E-state index contributed by atoms with van der Waals surface area (Å²) >= 11 is 1.12. The van der Waals surface area contributed by atoms with Gasteiger partial charge in [0.15, 0.2) is 0 Å². The third kappa shape index (κ3) is 1.96. The Balaban J connectivity index is 2.37. The Morgan fingerprint density at radius 1 is 1.56 bits per heavy atom. The molecular weight excluding hydrogens is 235 g/mol. The van der Waals surface area contributed by atoms with E-state index in [9.17, 15) is 14.0 Å². The number of hydrogen-bond donors (Lipinski definition) is 2. The molecule has 0 saturated carbocycles. The molecule has 2 unspecified atom stereocenters. The number of H-pyrrole nitrogens is 1. The van der Waals surface area contributed by atoms with Crippen LogP contribution in [-0.4, -0.2) is 26.5 Å². The number of aromatic amines is 1. The Hall–Kier alpha value is -1.34. The van der Waals surface area contributed by atoms with Crippen molar-refractivity contribution in [1.82, 2.24) is 9.55 Å². The topological polar surface area (TPSA) is 75.1 Å². The van der Waals surface area contributed by atoms with Crippen LogP contribution >= 0.6 is 11.8 Å². The number of halogens is 1. The van der Waals surface area contributed by atoms with Gasteiger partial charge in [-0.05, 0) is 6.08 Å². The van der Waals surface area contributed by atoms with E-state index in [4.69, 9.17) is 5.11 Å². The van der Waals surface area contributed by atoms with E-state index in [-0.39, 0.29) is 11.9 Å². The van der Waals surface area contributed by atoms with Gasteiger partial charge < -0.3 is 5.11 Å². The van der Waals surface area contributed by atoms with Gasteiger partial charge in [0.25, 0.3) is 5.56 Å². The summed E-state index contributed by atoms with van der Waals surface area (Å²) in [6.07, 6.45) is 2.51. The Labute approximate surface area is 93.6 Å². The SMILES string of the molecule is O=c1ccn(C2SC(CO)C=C2F)c(=O)[nH]1. The largest absolute Gasteiger partial charge is 0.395 e. The first-order chi connectivity index (χ1) is 7.61. The zero-order chi connectivity index (χ0) is 11.7. The average Bonchev–Trinajstić information content (AvgIpc) is 2.60. The Kier molecular flexibility index (Phi) is 2.97. The lowest BCUT2D eigenvalue weighted by Gasteiger charge is -2.13. The molecule has 16 heavy (non-hydrogen) atoms. The Bertz CT molecular complexity index is 536. The van der Waals surface area contributed by atoms with E-state index in [0.29, 0.717) is 0 Å². The van der Waals surface area contributed by atoms with Crippen molar-refractivity contribution < 1.29 is 9.50 Å². The van der Waals surface area contributed by atoms with Crippen molar-refractivity contribution in [2.24, 2.45) is 0 Å². The van der Waals surface area contributed by atoms with E-state index in [2.05, 4.69) is 4.98 Å². The minimum Gasteiger partial charge on any atom is -0.395 e. The maximum atomic E-state index is 13.5. The molecule has 0 aromatic carbocycles. The van der Waals surface area contributed by atoms with Crippen molar-refractivity contribution in [3.63, 3.8) is 0 Å². The molecule has 0 saturated heterocycles. The molecule has 2 rings (SSSR count). The van der Waals surface area contributed by atoms with Crippen molar-refractivity contribution >= 4 is 11.8 Å². The highest BCUT2D eigenvalue weighted by Crippen LogP contribution is 2.40. The highest BCUT2D eigenvalue weighted by molar-refractivity contribution is 8.00. The second-order valence-electron chi connectivity index (χ2n) is 3.28. The van der Waals surface area contributed by atoms with Crippen LogP contribution in [0.25, 0.3) is 0 Å². The number of thioether (sulfide) groups is 1. The van der Waals surface area contributed by atoms with E-state index in [1.54, 1.807) is 0 Å². The van der Waals surface area contributed by atoms with Gasteiger partial charge in [-0.25, -0.2) is 9.18 Å². The Morgan fingerprint density at radius 2 is 2.31 bits per heavy atom. The van der Waals surface area contributed by atoms with E-state index in [1.807, 2.05) is 0 Å². The molecule has 1 aromatic heterocycles. The quantitative estimate of drug-likeness (QED) is 0.767. The number of nitrogens with zero attached hydrogens (tertiary/aromatic N) is 1. The fourth-order valence-corrected chi connectivity index (χ4v) is 2.57. The van der Waals surface area contributed by atoms with Gasteiger partial charge in [-0.1, -0.05) is 0 Å². The van der Waals surface area contributed by atoms with Crippen LogP contribution in [0.4, 0.5) is 4.39 Å². The molecule has 1 aliphatic heterocycles. The van der Waals surface area contributed by atoms with Gasteiger partial charge in [0.2, 0.25) is 0 Å². The highest BCUT2D eigenvalue weighted by atomic mass is 32.2. The van der Waals surface area contributed by atoms with Crippen molar-refractivity contribution in [2.75, 3.05) is 6.61 Å². The summed E-state index contributed by atoms with van der Waals surface area (Å²) in [6.45, 7) is -0.188.